The number of nitriles is 1. The van der Waals surface area contributed by atoms with Crippen LogP contribution in [0.1, 0.15) is 27.7 Å². The molecule has 0 amide bonds. The third-order valence-corrected chi connectivity index (χ3v) is 4.42. The van der Waals surface area contributed by atoms with E-state index < -0.39 is 13.4 Å². The monoisotopic (exact) mass is 304 g/mol. The Morgan fingerprint density at radius 1 is 1.25 bits per heavy atom. The Kier molecular flexibility index (Phi) is 9.15. The Balaban J connectivity index is 5.38. The van der Waals surface area contributed by atoms with Crippen molar-refractivity contribution in [3.63, 3.8) is 0 Å². The van der Waals surface area contributed by atoms with Crippen molar-refractivity contribution in [2.45, 2.75) is 27.7 Å². The first-order valence-corrected chi connectivity index (χ1v) is 8.14. The molecule has 0 aliphatic carbocycles. The maximum Gasteiger partial charge on any atom is 0.371 e. The molecule has 7 heteroatoms. The van der Waals surface area contributed by atoms with Crippen LogP contribution >= 0.6 is 7.60 Å². The smallest absolute Gasteiger partial charge is 0.371 e. The van der Waals surface area contributed by atoms with Crippen molar-refractivity contribution in [3.05, 3.63) is 23.4 Å². The van der Waals surface area contributed by atoms with Gasteiger partial charge in [-0.25, -0.2) is 4.39 Å². The molecule has 0 aromatic heterocycles. The molecule has 0 atom stereocenters. The van der Waals surface area contributed by atoms with E-state index >= 15 is 0 Å². The standard InChI is InChI=1S/C13H22FN2O3P/c1-5-16(6-2)11-12(14)9-13(10-15)20(17,18-7-3)19-8-4/h9,11H,5-8H2,1-4H3/b12-11-,13-9+. The number of hydrogen-bond acceptors (Lipinski definition) is 5. The Hall–Kier alpha value is -1.15. The van der Waals surface area contributed by atoms with Crippen LogP contribution in [0.3, 0.4) is 0 Å². The second-order valence-electron chi connectivity index (χ2n) is 3.71. The van der Waals surface area contributed by atoms with Gasteiger partial charge in [0.05, 0.1) is 13.2 Å². The molecule has 0 aliphatic rings. The Morgan fingerprint density at radius 2 is 1.75 bits per heavy atom. The van der Waals surface area contributed by atoms with Crippen molar-refractivity contribution in [1.29, 1.82) is 5.26 Å². The molecule has 0 unspecified atom stereocenters. The fraction of sp³-hybridized carbons (Fsp3) is 0.615. The van der Waals surface area contributed by atoms with E-state index in [1.54, 1.807) is 24.8 Å². The van der Waals surface area contributed by atoms with Crippen molar-refractivity contribution in [1.82, 2.24) is 4.90 Å². The minimum absolute atomic E-state index is 0.109. The molecule has 0 bridgehead atoms. The third kappa shape index (κ3) is 5.87. The Morgan fingerprint density at radius 3 is 2.10 bits per heavy atom. The number of hydrogen-bond donors (Lipinski definition) is 0. The highest BCUT2D eigenvalue weighted by Crippen LogP contribution is 2.55. The summed E-state index contributed by atoms with van der Waals surface area (Å²) in [4.78, 5) is 1.72. The van der Waals surface area contributed by atoms with E-state index in [4.69, 9.17) is 14.3 Å². The summed E-state index contributed by atoms with van der Waals surface area (Å²) in [5.41, 5.74) is 0. The van der Waals surface area contributed by atoms with Crippen molar-refractivity contribution in [2.24, 2.45) is 0 Å². The van der Waals surface area contributed by atoms with Gasteiger partial charge < -0.3 is 13.9 Å². The second kappa shape index (κ2) is 9.71. The van der Waals surface area contributed by atoms with Crippen LogP contribution < -0.4 is 0 Å². The number of nitrogens with zero attached hydrogens (tertiary/aromatic N) is 2. The third-order valence-electron chi connectivity index (χ3n) is 2.40. The minimum atomic E-state index is -3.74. The average molecular weight is 304 g/mol. The molecule has 0 heterocycles. The van der Waals surface area contributed by atoms with Crippen molar-refractivity contribution >= 4 is 7.60 Å². The molecule has 0 radical (unpaired) electrons. The van der Waals surface area contributed by atoms with Gasteiger partial charge in [0.15, 0.2) is 0 Å². The van der Waals surface area contributed by atoms with Gasteiger partial charge in [-0.3, -0.25) is 4.57 Å². The fourth-order valence-electron chi connectivity index (χ4n) is 1.44. The summed E-state index contributed by atoms with van der Waals surface area (Å²) in [5.74, 6) is -0.662. The average Bonchev–Trinajstić information content (AvgIpc) is 2.42. The SMILES string of the molecule is CCOP(=O)(OCC)/C(C#N)=C/C(F)=C/N(CC)CC. The van der Waals surface area contributed by atoms with Crippen LogP contribution in [-0.2, 0) is 13.6 Å². The lowest BCUT2D eigenvalue weighted by molar-refractivity contribution is 0.227. The van der Waals surface area contributed by atoms with Crippen LogP contribution in [0.4, 0.5) is 4.39 Å². The molecule has 0 aromatic rings. The van der Waals surface area contributed by atoms with Gasteiger partial charge >= 0.3 is 7.60 Å². The summed E-state index contributed by atoms with van der Waals surface area (Å²) in [5, 5.41) is 8.72. The van der Waals surface area contributed by atoms with Crippen LogP contribution in [0.25, 0.3) is 0 Å². The summed E-state index contributed by atoms with van der Waals surface area (Å²) in [7, 11) is -3.74. The molecule has 0 saturated carbocycles. The highest BCUT2D eigenvalue weighted by atomic mass is 31.2. The zero-order valence-electron chi connectivity index (χ0n) is 12.4. The zero-order valence-corrected chi connectivity index (χ0v) is 13.3. The minimum Gasteiger partial charge on any atom is -0.376 e. The predicted octanol–water partition coefficient (Wildman–Crippen LogP) is 3.81. The molecular weight excluding hydrogens is 282 g/mol. The van der Waals surface area contributed by atoms with E-state index in [0.717, 1.165) is 6.08 Å². The van der Waals surface area contributed by atoms with Crippen molar-refractivity contribution in [2.75, 3.05) is 26.3 Å². The summed E-state index contributed by atoms with van der Waals surface area (Å²) < 4.78 is 36.2. The first kappa shape index (κ1) is 18.9. The van der Waals surface area contributed by atoms with Gasteiger partial charge in [-0.1, -0.05) is 0 Å². The maximum atomic E-state index is 13.8. The van der Waals surface area contributed by atoms with Crippen LogP contribution in [0.15, 0.2) is 23.4 Å². The number of halogens is 1. The molecule has 0 aliphatic heterocycles. The number of rotatable bonds is 9. The molecule has 0 saturated heterocycles. The number of allylic oxidation sites excluding steroid dienone is 3. The zero-order chi connectivity index (χ0) is 15.6. The molecule has 114 valence electrons. The van der Waals surface area contributed by atoms with Crippen LogP contribution in [0, 0.1) is 11.3 Å². The van der Waals surface area contributed by atoms with E-state index in [-0.39, 0.29) is 18.5 Å². The van der Waals surface area contributed by atoms with E-state index in [2.05, 4.69) is 0 Å². The molecule has 5 nitrogen and oxygen atoms in total. The van der Waals surface area contributed by atoms with Gasteiger partial charge in [0.1, 0.15) is 17.2 Å². The fourth-order valence-corrected chi connectivity index (χ4v) is 2.87. The van der Waals surface area contributed by atoms with Crippen LogP contribution in [0.2, 0.25) is 0 Å². The molecule has 0 fully saturated rings. The Labute approximate surface area is 120 Å². The first-order valence-electron chi connectivity index (χ1n) is 6.60. The van der Waals surface area contributed by atoms with Gasteiger partial charge in [-0.05, 0) is 27.7 Å². The lowest BCUT2D eigenvalue weighted by Gasteiger charge is -2.16. The van der Waals surface area contributed by atoms with E-state index in [1.807, 2.05) is 13.8 Å². The predicted molar refractivity (Wildman–Crippen MR) is 76.7 cm³/mol. The van der Waals surface area contributed by atoms with Gasteiger partial charge in [0.2, 0.25) is 0 Å². The molecule has 0 aromatic carbocycles. The summed E-state index contributed by atoms with van der Waals surface area (Å²) in [6.07, 6.45) is 2.17. The molecule has 20 heavy (non-hydrogen) atoms. The lowest BCUT2D eigenvalue weighted by Crippen LogP contribution is -2.15. The van der Waals surface area contributed by atoms with Crippen LogP contribution in [0.5, 0.6) is 0 Å². The topological polar surface area (TPSA) is 62.6 Å². The summed E-state index contributed by atoms with van der Waals surface area (Å²) in [6, 6.07) is 1.70. The van der Waals surface area contributed by atoms with E-state index in [9.17, 15) is 8.96 Å². The van der Waals surface area contributed by atoms with E-state index in [0.29, 0.717) is 13.1 Å². The van der Waals surface area contributed by atoms with E-state index in [1.165, 1.54) is 6.20 Å². The summed E-state index contributed by atoms with van der Waals surface area (Å²) >= 11 is 0. The van der Waals surface area contributed by atoms with Crippen LogP contribution in [-0.4, -0.2) is 31.2 Å². The highest BCUT2D eigenvalue weighted by molar-refractivity contribution is 7.58. The molecule has 0 N–H and O–H groups in total. The van der Waals surface area contributed by atoms with Crippen molar-refractivity contribution < 1.29 is 18.0 Å². The maximum absolute atomic E-state index is 13.8. The normalized spacial score (nSPS) is 13.2. The van der Waals surface area contributed by atoms with Gasteiger partial charge in [0.25, 0.3) is 0 Å². The van der Waals surface area contributed by atoms with Gasteiger partial charge in [-0.15, -0.1) is 0 Å². The largest absolute Gasteiger partial charge is 0.376 e. The lowest BCUT2D eigenvalue weighted by atomic mass is 10.4. The molecule has 0 spiro atoms. The quantitative estimate of drug-likeness (QED) is 0.368. The second-order valence-corrected chi connectivity index (χ2v) is 5.70. The van der Waals surface area contributed by atoms with Gasteiger partial charge in [-0.2, -0.15) is 5.26 Å². The summed E-state index contributed by atoms with van der Waals surface area (Å²) in [6.45, 7) is 8.50. The molecule has 0 rings (SSSR count). The molecular formula is C13H22FN2O3P. The van der Waals surface area contributed by atoms with Gasteiger partial charge in [0, 0.05) is 25.4 Å². The van der Waals surface area contributed by atoms with Crippen molar-refractivity contribution in [3.8, 4) is 6.07 Å². The Bertz CT molecular complexity index is 429. The first-order chi connectivity index (χ1) is 9.47. The highest BCUT2D eigenvalue weighted by Gasteiger charge is 2.30.